The zero-order valence-electron chi connectivity index (χ0n) is 16.0. The lowest BCUT2D eigenvalue weighted by molar-refractivity contribution is 0.309. The van der Waals surface area contributed by atoms with Gasteiger partial charge >= 0.3 is 0 Å². The molecule has 0 fully saturated rings. The summed E-state index contributed by atoms with van der Waals surface area (Å²) in [6.07, 6.45) is 0.885. The van der Waals surface area contributed by atoms with Gasteiger partial charge in [0, 0.05) is 13.1 Å². The number of hydrogen-bond donors (Lipinski definition) is 2. The van der Waals surface area contributed by atoms with Crippen LogP contribution in [0, 0.1) is 20.8 Å². The lowest BCUT2D eigenvalue weighted by Gasteiger charge is -2.12. The number of guanidine groups is 1. The largest absolute Gasteiger partial charge is 0.493 e. The lowest BCUT2D eigenvalue weighted by atomic mass is 10.2. The van der Waals surface area contributed by atoms with Crippen molar-refractivity contribution in [2.45, 2.75) is 40.7 Å². The molecule has 0 radical (unpaired) electrons. The van der Waals surface area contributed by atoms with Crippen LogP contribution in [0.15, 0.2) is 33.7 Å². The molecule has 0 atom stereocenters. The molecule has 1 aromatic heterocycles. The lowest BCUT2D eigenvalue weighted by Crippen LogP contribution is -2.38. The zero-order valence-corrected chi connectivity index (χ0v) is 18.3. The highest BCUT2D eigenvalue weighted by atomic mass is 127. The van der Waals surface area contributed by atoms with E-state index in [1.165, 1.54) is 0 Å². The van der Waals surface area contributed by atoms with E-state index in [0.29, 0.717) is 19.0 Å². The van der Waals surface area contributed by atoms with Gasteiger partial charge in [-0.3, -0.25) is 0 Å². The van der Waals surface area contributed by atoms with Gasteiger partial charge in [-0.25, -0.2) is 9.98 Å². The van der Waals surface area contributed by atoms with Gasteiger partial charge in [0.1, 0.15) is 18.1 Å². The number of aliphatic imine (C=N–C) groups is 1. The minimum absolute atomic E-state index is 0. The summed E-state index contributed by atoms with van der Waals surface area (Å²) in [6.45, 7) is 10.6. The number of nitrogens with one attached hydrogen (secondary N) is 2. The normalized spacial score (nSPS) is 11.0. The molecule has 1 heterocycles. The molecule has 0 bridgehead atoms. The Bertz CT molecular complexity index is 681. The van der Waals surface area contributed by atoms with Crippen LogP contribution in [0.4, 0.5) is 0 Å². The molecule has 0 amide bonds. The number of para-hydroxylation sites is 1. The fourth-order valence-electron chi connectivity index (χ4n) is 2.27. The van der Waals surface area contributed by atoms with E-state index < -0.39 is 0 Å². The molecule has 26 heavy (non-hydrogen) atoms. The Morgan fingerprint density at radius 1 is 1.19 bits per heavy atom. The van der Waals surface area contributed by atoms with Gasteiger partial charge in [0.15, 0.2) is 5.96 Å². The summed E-state index contributed by atoms with van der Waals surface area (Å²) in [5, 5.41) is 6.52. The predicted molar refractivity (Wildman–Crippen MR) is 116 cm³/mol. The number of oxazole rings is 1. The van der Waals surface area contributed by atoms with Gasteiger partial charge in [-0.1, -0.05) is 18.2 Å². The zero-order chi connectivity index (χ0) is 18.1. The third kappa shape index (κ3) is 7.23. The minimum atomic E-state index is 0. The predicted octanol–water partition coefficient (Wildman–Crippen LogP) is 3.74. The number of hydrogen-bond acceptors (Lipinski definition) is 4. The van der Waals surface area contributed by atoms with Crippen LogP contribution in [0.2, 0.25) is 0 Å². The maximum absolute atomic E-state index is 5.80. The number of ether oxygens (including phenoxy) is 1. The molecule has 2 aromatic rings. The summed E-state index contributed by atoms with van der Waals surface area (Å²) in [5.41, 5.74) is 2.07. The number of rotatable bonds is 8. The van der Waals surface area contributed by atoms with Crippen molar-refractivity contribution in [1.29, 1.82) is 0 Å². The molecular formula is C19H29IN4O2. The van der Waals surface area contributed by atoms with Crippen molar-refractivity contribution in [3.8, 4) is 5.75 Å². The highest BCUT2D eigenvalue weighted by molar-refractivity contribution is 14.0. The van der Waals surface area contributed by atoms with Crippen LogP contribution in [-0.2, 0) is 6.54 Å². The summed E-state index contributed by atoms with van der Waals surface area (Å²) < 4.78 is 11.4. The molecule has 144 valence electrons. The molecule has 6 nitrogen and oxygen atoms in total. The van der Waals surface area contributed by atoms with Gasteiger partial charge in [-0.2, -0.15) is 0 Å². The van der Waals surface area contributed by atoms with E-state index >= 15 is 0 Å². The summed E-state index contributed by atoms with van der Waals surface area (Å²) in [5.74, 6) is 3.18. The quantitative estimate of drug-likeness (QED) is 0.265. The Morgan fingerprint density at radius 3 is 2.62 bits per heavy atom. The van der Waals surface area contributed by atoms with Crippen molar-refractivity contribution in [3.63, 3.8) is 0 Å². The van der Waals surface area contributed by atoms with Crippen LogP contribution in [0.5, 0.6) is 5.75 Å². The third-order valence-corrected chi connectivity index (χ3v) is 3.75. The van der Waals surface area contributed by atoms with Crippen LogP contribution >= 0.6 is 24.0 Å². The summed E-state index contributed by atoms with van der Waals surface area (Å²) in [7, 11) is 0. The monoisotopic (exact) mass is 472 g/mol. The molecule has 2 rings (SSSR count). The SMILES string of the molecule is CCNC(=NCc1nc(C)c(C)o1)NCCCOc1ccccc1C.I. The molecule has 2 N–H and O–H groups in total. The number of aromatic nitrogens is 1. The van der Waals surface area contributed by atoms with Gasteiger partial charge in [0.25, 0.3) is 0 Å². The van der Waals surface area contributed by atoms with Crippen molar-refractivity contribution in [2.75, 3.05) is 19.7 Å². The first-order valence-electron chi connectivity index (χ1n) is 8.73. The number of aryl methyl sites for hydroxylation is 3. The van der Waals surface area contributed by atoms with Crippen LogP contribution in [0.1, 0.15) is 36.3 Å². The Labute approximate surface area is 172 Å². The van der Waals surface area contributed by atoms with Gasteiger partial charge < -0.3 is 19.8 Å². The molecule has 0 aliphatic carbocycles. The van der Waals surface area contributed by atoms with Crippen molar-refractivity contribution in [3.05, 3.63) is 47.2 Å². The van der Waals surface area contributed by atoms with E-state index in [4.69, 9.17) is 9.15 Å². The maximum Gasteiger partial charge on any atom is 0.216 e. The fraction of sp³-hybridized carbons (Fsp3) is 0.474. The van der Waals surface area contributed by atoms with E-state index in [2.05, 4.69) is 33.6 Å². The fourth-order valence-corrected chi connectivity index (χ4v) is 2.27. The molecular weight excluding hydrogens is 443 g/mol. The standard InChI is InChI=1S/C19H28N4O2.HI/c1-5-20-19(22-13-18-23-15(3)16(4)25-18)21-11-8-12-24-17-10-7-6-9-14(17)2;/h6-7,9-10H,5,8,11-13H2,1-4H3,(H2,20,21,22);1H. The van der Waals surface area contributed by atoms with Gasteiger partial charge in [0.05, 0.1) is 12.3 Å². The summed E-state index contributed by atoms with van der Waals surface area (Å²) >= 11 is 0. The van der Waals surface area contributed by atoms with Crippen molar-refractivity contribution in [1.82, 2.24) is 15.6 Å². The smallest absolute Gasteiger partial charge is 0.216 e. The highest BCUT2D eigenvalue weighted by Crippen LogP contribution is 2.16. The van der Waals surface area contributed by atoms with Crippen molar-refractivity contribution in [2.24, 2.45) is 4.99 Å². The summed E-state index contributed by atoms with van der Waals surface area (Å²) in [6, 6.07) is 8.05. The first-order chi connectivity index (χ1) is 12.1. The Morgan fingerprint density at radius 2 is 1.96 bits per heavy atom. The molecule has 7 heteroatoms. The number of halogens is 1. The minimum Gasteiger partial charge on any atom is -0.493 e. The molecule has 0 aliphatic rings. The van der Waals surface area contributed by atoms with Crippen LogP contribution in [0.25, 0.3) is 0 Å². The van der Waals surface area contributed by atoms with Crippen molar-refractivity contribution >= 4 is 29.9 Å². The molecule has 0 saturated carbocycles. The molecule has 0 saturated heterocycles. The first-order valence-corrected chi connectivity index (χ1v) is 8.73. The van der Waals surface area contributed by atoms with E-state index in [1.54, 1.807) is 0 Å². The second-order valence-electron chi connectivity index (χ2n) is 5.84. The van der Waals surface area contributed by atoms with Crippen LogP contribution < -0.4 is 15.4 Å². The second-order valence-corrected chi connectivity index (χ2v) is 5.84. The van der Waals surface area contributed by atoms with Crippen molar-refractivity contribution < 1.29 is 9.15 Å². The maximum atomic E-state index is 5.80. The van der Waals surface area contributed by atoms with Crippen LogP contribution in [-0.4, -0.2) is 30.6 Å². The van der Waals surface area contributed by atoms with E-state index in [-0.39, 0.29) is 24.0 Å². The van der Waals surface area contributed by atoms with Gasteiger partial charge in [-0.05, 0) is 45.7 Å². The van der Waals surface area contributed by atoms with Gasteiger partial charge in [-0.15, -0.1) is 24.0 Å². The molecule has 0 unspecified atom stereocenters. The second kappa shape index (κ2) is 11.8. The van der Waals surface area contributed by atoms with Gasteiger partial charge in [0.2, 0.25) is 5.89 Å². The Balaban J connectivity index is 0.00000338. The highest BCUT2D eigenvalue weighted by Gasteiger charge is 2.05. The Kier molecular flexibility index (Phi) is 10.1. The van der Waals surface area contributed by atoms with E-state index in [0.717, 1.165) is 48.2 Å². The number of benzene rings is 1. The van der Waals surface area contributed by atoms with Crippen LogP contribution in [0.3, 0.4) is 0 Å². The van der Waals surface area contributed by atoms with E-state index in [1.807, 2.05) is 39.0 Å². The molecule has 0 spiro atoms. The third-order valence-electron chi connectivity index (χ3n) is 3.75. The average Bonchev–Trinajstić information content (AvgIpc) is 2.92. The summed E-state index contributed by atoms with van der Waals surface area (Å²) in [4.78, 5) is 8.85. The molecule has 0 aliphatic heterocycles. The molecule has 1 aromatic carbocycles. The number of nitrogens with zero attached hydrogens (tertiary/aromatic N) is 2. The van der Waals surface area contributed by atoms with E-state index in [9.17, 15) is 0 Å². The first kappa shape index (κ1) is 22.3. The topological polar surface area (TPSA) is 71.7 Å². The average molecular weight is 472 g/mol. The Hall–Kier alpha value is -1.77.